The molecule has 1 aliphatic carbocycles. The van der Waals surface area contributed by atoms with Gasteiger partial charge in [-0.05, 0) is 44.4 Å². The number of alkyl halides is 3. The third-order valence-corrected chi connectivity index (χ3v) is 4.40. The Morgan fingerprint density at radius 2 is 1.67 bits per heavy atom. The van der Waals surface area contributed by atoms with Crippen LogP contribution in [0, 0.1) is 5.92 Å². The first kappa shape index (κ1) is 18.1. The topological polar surface area (TPSA) is 78.4 Å². The van der Waals surface area contributed by atoms with Crippen molar-refractivity contribution in [1.29, 1.82) is 0 Å². The van der Waals surface area contributed by atoms with E-state index in [1.54, 1.807) is 0 Å². The molecule has 24 heavy (non-hydrogen) atoms. The van der Waals surface area contributed by atoms with Gasteiger partial charge in [0.05, 0.1) is 11.3 Å². The van der Waals surface area contributed by atoms with Crippen LogP contribution in [0.4, 0.5) is 23.7 Å². The zero-order valence-electron chi connectivity index (χ0n) is 13.3. The van der Waals surface area contributed by atoms with Gasteiger partial charge in [-0.1, -0.05) is 12.1 Å². The van der Waals surface area contributed by atoms with Crippen LogP contribution in [-0.2, 0) is 10.2 Å². The summed E-state index contributed by atoms with van der Waals surface area (Å²) in [5, 5.41) is 13.9. The van der Waals surface area contributed by atoms with Gasteiger partial charge < -0.3 is 15.7 Å². The maximum Gasteiger partial charge on any atom is 0.397 e. The number of hydrogen-bond donors (Lipinski definition) is 3. The number of carboxylic acids is 1. The second-order valence-electron chi connectivity index (χ2n) is 6.50. The average molecular weight is 344 g/mol. The number of carboxylic acid groups (broad SMARTS) is 1. The Morgan fingerprint density at radius 1 is 1.12 bits per heavy atom. The van der Waals surface area contributed by atoms with Crippen LogP contribution in [0.15, 0.2) is 24.3 Å². The summed E-state index contributed by atoms with van der Waals surface area (Å²) in [6, 6.07) is 4.76. The molecule has 2 rings (SSSR count). The zero-order chi connectivity index (χ0) is 18.1. The third-order valence-electron chi connectivity index (χ3n) is 4.40. The normalized spacial score (nSPS) is 20.9. The lowest BCUT2D eigenvalue weighted by Crippen LogP contribution is -2.48. The molecule has 3 N–H and O–H groups in total. The van der Waals surface area contributed by atoms with Crippen LogP contribution < -0.4 is 10.6 Å². The van der Waals surface area contributed by atoms with E-state index in [1.165, 1.54) is 24.3 Å². The van der Waals surface area contributed by atoms with Gasteiger partial charge in [-0.25, -0.2) is 4.79 Å². The van der Waals surface area contributed by atoms with E-state index in [0.29, 0.717) is 18.5 Å². The molecule has 1 aromatic carbocycles. The van der Waals surface area contributed by atoms with Crippen LogP contribution in [0.25, 0.3) is 0 Å². The fourth-order valence-electron chi connectivity index (χ4n) is 2.42. The van der Waals surface area contributed by atoms with Crippen LogP contribution in [0.1, 0.15) is 32.3 Å². The Balaban J connectivity index is 1.90. The molecule has 8 heteroatoms. The first-order chi connectivity index (χ1) is 11.0. The van der Waals surface area contributed by atoms with Crippen molar-refractivity contribution < 1.29 is 27.9 Å². The Hall–Kier alpha value is -2.25. The second kappa shape index (κ2) is 6.33. The quantitative estimate of drug-likeness (QED) is 0.782. The van der Waals surface area contributed by atoms with Gasteiger partial charge in [0.25, 0.3) is 0 Å². The molecule has 0 bridgehead atoms. The number of anilines is 1. The lowest BCUT2D eigenvalue weighted by Gasteiger charge is -2.32. The summed E-state index contributed by atoms with van der Waals surface area (Å²) in [5.41, 5.74) is -1.52. The molecular formula is C16H19F3N2O3. The first-order valence-electron chi connectivity index (χ1n) is 7.48. The molecular weight excluding hydrogens is 325 g/mol. The number of benzene rings is 1. The number of carbonyl (C=O) groups is 2. The van der Waals surface area contributed by atoms with Crippen molar-refractivity contribution in [2.24, 2.45) is 5.92 Å². The van der Waals surface area contributed by atoms with Crippen LogP contribution in [-0.4, -0.2) is 29.3 Å². The Morgan fingerprint density at radius 3 is 2.12 bits per heavy atom. The van der Waals surface area contributed by atoms with Crippen LogP contribution in [0.5, 0.6) is 0 Å². The highest BCUT2D eigenvalue weighted by molar-refractivity contribution is 5.89. The largest absolute Gasteiger partial charge is 0.481 e. The highest BCUT2D eigenvalue weighted by Gasteiger charge is 2.48. The van der Waals surface area contributed by atoms with Crippen molar-refractivity contribution in [1.82, 2.24) is 5.32 Å². The predicted molar refractivity (Wildman–Crippen MR) is 81.8 cm³/mol. The number of nitrogens with one attached hydrogen (secondary N) is 2. The monoisotopic (exact) mass is 344 g/mol. The molecule has 0 aliphatic heterocycles. The van der Waals surface area contributed by atoms with E-state index in [1.807, 2.05) is 0 Å². The van der Waals surface area contributed by atoms with Crippen LogP contribution in [0.2, 0.25) is 0 Å². The predicted octanol–water partition coefficient (Wildman–Crippen LogP) is 3.51. The molecule has 1 aromatic rings. The first-order valence-corrected chi connectivity index (χ1v) is 7.48. The maximum atomic E-state index is 13.0. The van der Waals surface area contributed by atoms with Crippen molar-refractivity contribution in [2.45, 2.75) is 44.3 Å². The molecule has 0 atom stereocenters. The van der Waals surface area contributed by atoms with E-state index < -0.39 is 29.5 Å². The summed E-state index contributed by atoms with van der Waals surface area (Å²) in [7, 11) is 0. The van der Waals surface area contributed by atoms with Gasteiger partial charge in [0.15, 0.2) is 0 Å². The average Bonchev–Trinajstić information content (AvgIpc) is 2.41. The molecule has 0 aromatic heterocycles. The number of urea groups is 1. The lowest BCUT2D eigenvalue weighted by molar-refractivity contribution is -0.180. The van der Waals surface area contributed by atoms with Gasteiger partial charge >= 0.3 is 18.2 Å². The Bertz CT molecular complexity index is 620. The number of carbonyl (C=O) groups excluding carboxylic acids is 1. The highest BCUT2D eigenvalue weighted by atomic mass is 19.4. The van der Waals surface area contributed by atoms with E-state index in [2.05, 4.69) is 10.6 Å². The molecule has 1 saturated carbocycles. The van der Waals surface area contributed by atoms with Gasteiger partial charge in [-0.15, -0.1) is 0 Å². The molecule has 1 aliphatic rings. The smallest absolute Gasteiger partial charge is 0.397 e. The van der Waals surface area contributed by atoms with E-state index in [4.69, 9.17) is 5.11 Å². The summed E-state index contributed by atoms with van der Waals surface area (Å²) >= 11 is 0. The molecule has 1 fully saturated rings. The van der Waals surface area contributed by atoms with E-state index >= 15 is 0 Å². The highest BCUT2D eigenvalue weighted by Crippen LogP contribution is 2.40. The Kier molecular flexibility index (Phi) is 4.77. The number of aliphatic carboxylic acids is 1. The zero-order valence-corrected chi connectivity index (χ0v) is 13.3. The fourth-order valence-corrected chi connectivity index (χ4v) is 2.42. The molecule has 132 valence electrons. The van der Waals surface area contributed by atoms with Crippen molar-refractivity contribution in [3.05, 3.63) is 29.8 Å². The molecule has 0 saturated heterocycles. The second-order valence-corrected chi connectivity index (χ2v) is 6.50. The fraction of sp³-hybridized carbons (Fsp3) is 0.500. The summed E-state index contributed by atoms with van der Waals surface area (Å²) in [5.74, 6) is -1.31. The van der Waals surface area contributed by atoms with E-state index in [0.717, 1.165) is 13.8 Å². The third kappa shape index (κ3) is 3.80. The van der Waals surface area contributed by atoms with E-state index in [-0.39, 0.29) is 11.6 Å². The summed E-state index contributed by atoms with van der Waals surface area (Å²) < 4.78 is 39.0. The van der Waals surface area contributed by atoms with Gasteiger partial charge in [-0.2, -0.15) is 13.2 Å². The SMILES string of the molecule is CC(C)(c1ccc(NC(=O)NC2CC(C(=O)O)C2)cc1)C(F)(F)F. The van der Waals surface area contributed by atoms with Crippen molar-refractivity contribution in [3.63, 3.8) is 0 Å². The minimum atomic E-state index is -4.37. The molecule has 2 amide bonds. The number of rotatable bonds is 4. The minimum absolute atomic E-state index is 0.101. The van der Waals surface area contributed by atoms with Crippen LogP contribution >= 0.6 is 0 Å². The summed E-state index contributed by atoms with van der Waals surface area (Å²) in [4.78, 5) is 22.5. The van der Waals surface area contributed by atoms with Gasteiger partial charge in [0.1, 0.15) is 0 Å². The molecule has 0 spiro atoms. The van der Waals surface area contributed by atoms with E-state index in [9.17, 15) is 22.8 Å². The summed E-state index contributed by atoms with van der Waals surface area (Å²) in [6.45, 7) is 2.19. The number of hydrogen-bond acceptors (Lipinski definition) is 2. The Labute approximate surface area is 137 Å². The maximum absolute atomic E-state index is 13.0. The number of amides is 2. The lowest BCUT2D eigenvalue weighted by atomic mass is 9.80. The van der Waals surface area contributed by atoms with Gasteiger partial charge in [0, 0.05) is 11.7 Å². The summed E-state index contributed by atoms with van der Waals surface area (Å²) in [6.07, 6.45) is -3.62. The molecule has 0 radical (unpaired) electrons. The number of halogens is 3. The van der Waals surface area contributed by atoms with Gasteiger partial charge in [0.2, 0.25) is 0 Å². The van der Waals surface area contributed by atoms with Gasteiger partial charge in [-0.3, -0.25) is 4.79 Å². The van der Waals surface area contributed by atoms with Crippen molar-refractivity contribution >= 4 is 17.7 Å². The van der Waals surface area contributed by atoms with Crippen molar-refractivity contribution in [2.75, 3.05) is 5.32 Å². The molecule has 0 unspecified atom stereocenters. The standard InChI is InChI=1S/C16H19F3N2O3/c1-15(2,16(17,18)19)10-3-5-11(6-4-10)20-14(24)21-12-7-9(8-12)13(22)23/h3-6,9,12H,7-8H2,1-2H3,(H,22,23)(H2,20,21,24). The van der Waals surface area contributed by atoms with Crippen LogP contribution in [0.3, 0.4) is 0 Å². The minimum Gasteiger partial charge on any atom is -0.481 e. The molecule has 0 heterocycles. The molecule has 5 nitrogen and oxygen atoms in total. The van der Waals surface area contributed by atoms with Crippen molar-refractivity contribution in [3.8, 4) is 0 Å².